The largest absolute Gasteiger partial charge is 0.493 e. The molecular formula is C12H18N4O. The number of nitrogens with zero attached hydrogens (tertiary/aromatic N) is 2. The van der Waals surface area contributed by atoms with Crippen LogP contribution < -0.4 is 10.5 Å². The van der Waals surface area contributed by atoms with Gasteiger partial charge in [-0.2, -0.15) is 0 Å². The molecule has 0 radical (unpaired) electrons. The molecule has 3 N–H and O–H groups in total. The summed E-state index contributed by atoms with van der Waals surface area (Å²) in [5.74, 6) is 1.28. The molecule has 1 heterocycles. The van der Waals surface area contributed by atoms with Crippen molar-refractivity contribution in [1.82, 2.24) is 14.9 Å². The Morgan fingerprint density at radius 1 is 1.41 bits per heavy atom. The minimum atomic E-state index is 0.435. The lowest BCUT2D eigenvalue weighted by Crippen LogP contribution is -2.15. The Balaban J connectivity index is 1.94. The number of benzene rings is 1. The smallest absolute Gasteiger partial charge is 0.198 e. The normalized spacial score (nSPS) is 11.2. The Morgan fingerprint density at radius 2 is 2.24 bits per heavy atom. The lowest BCUT2D eigenvalue weighted by molar-refractivity contribution is 0.282. The van der Waals surface area contributed by atoms with Gasteiger partial charge in [-0.05, 0) is 32.6 Å². The van der Waals surface area contributed by atoms with E-state index >= 15 is 0 Å². The SMILES string of the molecule is CN(C)CCCOc1ccc2nc(N)[nH]c2c1. The summed E-state index contributed by atoms with van der Waals surface area (Å²) in [6.07, 6.45) is 1.01. The third-order valence-electron chi connectivity index (χ3n) is 2.49. The number of H-pyrrole nitrogens is 1. The highest BCUT2D eigenvalue weighted by Crippen LogP contribution is 2.19. The fraction of sp³-hybridized carbons (Fsp3) is 0.417. The highest BCUT2D eigenvalue weighted by molar-refractivity contribution is 5.78. The van der Waals surface area contributed by atoms with Gasteiger partial charge in [-0.25, -0.2) is 4.98 Å². The molecule has 2 rings (SSSR count). The van der Waals surface area contributed by atoms with Crippen LogP contribution in [0.3, 0.4) is 0 Å². The summed E-state index contributed by atoms with van der Waals surface area (Å²) in [7, 11) is 4.11. The molecule has 1 aromatic heterocycles. The second kappa shape index (κ2) is 5.05. The van der Waals surface area contributed by atoms with Crippen molar-refractivity contribution in [3.63, 3.8) is 0 Å². The number of ether oxygens (including phenoxy) is 1. The minimum absolute atomic E-state index is 0.435. The summed E-state index contributed by atoms with van der Waals surface area (Å²) < 4.78 is 5.66. The van der Waals surface area contributed by atoms with E-state index < -0.39 is 0 Å². The van der Waals surface area contributed by atoms with Gasteiger partial charge in [-0.15, -0.1) is 0 Å². The van der Waals surface area contributed by atoms with Gasteiger partial charge in [-0.3, -0.25) is 0 Å². The van der Waals surface area contributed by atoms with Crippen molar-refractivity contribution in [1.29, 1.82) is 0 Å². The van der Waals surface area contributed by atoms with Gasteiger partial charge in [0.15, 0.2) is 5.95 Å². The van der Waals surface area contributed by atoms with E-state index in [0.29, 0.717) is 12.6 Å². The molecule has 0 fully saturated rings. The summed E-state index contributed by atoms with van der Waals surface area (Å²) in [6.45, 7) is 1.74. The molecule has 0 saturated heterocycles. The van der Waals surface area contributed by atoms with Gasteiger partial charge < -0.3 is 20.4 Å². The minimum Gasteiger partial charge on any atom is -0.493 e. The molecule has 0 aliphatic carbocycles. The fourth-order valence-electron chi connectivity index (χ4n) is 1.67. The van der Waals surface area contributed by atoms with Gasteiger partial charge in [0.05, 0.1) is 17.6 Å². The number of aromatic nitrogens is 2. The summed E-state index contributed by atoms with van der Waals surface area (Å²) in [4.78, 5) is 9.26. The van der Waals surface area contributed by atoms with E-state index in [9.17, 15) is 0 Å². The Labute approximate surface area is 101 Å². The van der Waals surface area contributed by atoms with E-state index in [4.69, 9.17) is 10.5 Å². The zero-order chi connectivity index (χ0) is 12.3. The molecule has 1 aromatic carbocycles. The number of rotatable bonds is 5. The van der Waals surface area contributed by atoms with E-state index in [1.165, 1.54) is 0 Å². The van der Waals surface area contributed by atoms with Crippen LogP contribution in [-0.2, 0) is 0 Å². The summed E-state index contributed by atoms with van der Waals surface area (Å²) in [5, 5.41) is 0. The van der Waals surface area contributed by atoms with Gasteiger partial charge in [0.2, 0.25) is 0 Å². The Hall–Kier alpha value is -1.75. The van der Waals surface area contributed by atoms with Gasteiger partial charge in [0.25, 0.3) is 0 Å². The van der Waals surface area contributed by atoms with Crippen LogP contribution in [0.1, 0.15) is 6.42 Å². The number of hydrogen-bond acceptors (Lipinski definition) is 4. The lowest BCUT2D eigenvalue weighted by atomic mass is 10.3. The van der Waals surface area contributed by atoms with E-state index in [2.05, 4.69) is 29.0 Å². The van der Waals surface area contributed by atoms with Crippen LogP contribution in [0.25, 0.3) is 11.0 Å². The van der Waals surface area contributed by atoms with Gasteiger partial charge in [0.1, 0.15) is 5.75 Å². The zero-order valence-electron chi connectivity index (χ0n) is 10.2. The van der Waals surface area contributed by atoms with E-state index in [1.807, 2.05) is 18.2 Å². The maximum Gasteiger partial charge on any atom is 0.198 e. The summed E-state index contributed by atoms with van der Waals surface area (Å²) in [6, 6.07) is 5.75. The Kier molecular flexibility index (Phi) is 3.49. The molecule has 0 aliphatic rings. The van der Waals surface area contributed by atoms with Crippen molar-refractivity contribution >= 4 is 17.0 Å². The van der Waals surface area contributed by atoms with E-state index in [-0.39, 0.29) is 0 Å². The van der Waals surface area contributed by atoms with Gasteiger partial charge in [0, 0.05) is 12.6 Å². The fourth-order valence-corrected chi connectivity index (χ4v) is 1.67. The standard InChI is InChI=1S/C12H18N4O/c1-16(2)6-3-7-17-9-4-5-10-11(8-9)15-12(13)14-10/h4-5,8H,3,6-7H2,1-2H3,(H3,13,14,15). The molecule has 2 aromatic rings. The predicted molar refractivity (Wildman–Crippen MR) is 69.2 cm³/mol. The molecule has 92 valence electrons. The number of nitrogen functional groups attached to an aromatic ring is 1. The number of aromatic amines is 1. The van der Waals surface area contributed by atoms with Crippen molar-refractivity contribution in [3.8, 4) is 5.75 Å². The van der Waals surface area contributed by atoms with Crippen LogP contribution in [0, 0.1) is 0 Å². The van der Waals surface area contributed by atoms with Crippen molar-refractivity contribution in [2.24, 2.45) is 0 Å². The number of nitrogens with two attached hydrogens (primary N) is 1. The maximum absolute atomic E-state index is 5.66. The Morgan fingerprint density at radius 3 is 3.00 bits per heavy atom. The molecule has 17 heavy (non-hydrogen) atoms. The first-order valence-corrected chi connectivity index (χ1v) is 5.68. The molecule has 0 spiro atoms. The third-order valence-corrected chi connectivity index (χ3v) is 2.49. The topological polar surface area (TPSA) is 67.2 Å². The molecule has 0 bridgehead atoms. The van der Waals surface area contributed by atoms with Crippen LogP contribution in [-0.4, -0.2) is 42.1 Å². The highest BCUT2D eigenvalue weighted by atomic mass is 16.5. The average molecular weight is 234 g/mol. The van der Waals surface area contributed by atoms with Gasteiger partial charge >= 0.3 is 0 Å². The van der Waals surface area contributed by atoms with E-state index in [1.54, 1.807) is 0 Å². The Bertz CT molecular complexity index is 492. The number of nitrogens with one attached hydrogen (secondary N) is 1. The van der Waals surface area contributed by atoms with Crippen molar-refractivity contribution in [2.45, 2.75) is 6.42 Å². The highest BCUT2D eigenvalue weighted by Gasteiger charge is 2.01. The van der Waals surface area contributed by atoms with Crippen molar-refractivity contribution < 1.29 is 4.74 Å². The van der Waals surface area contributed by atoms with Crippen LogP contribution in [0.5, 0.6) is 5.75 Å². The van der Waals surface area contributed by atoms with Crippen molar-refractivity contribution in [2.75, 3.05) is 33.0 Å². The number of imidazole rings is 1. The lowest BCUT2D eigenvalue weighted by Gasteiger charge is -2.10. The molecule has 0 saturated carbocycles. The predicted octanol–water partition coefficient (Wildman–Crippen LogP) is 1.48. The summed E-state index contributed by atoms with van der Waals surface area (Å²) in [5.41, 5.74) is 7.36. The molecular weight excluding hydrogens is 216 g/mol. The second-order valence-electron chi connectivity index (χ2n) is 4.31. The van der Waals surface area contributed by atoms with Crippen molar-refractivity contribution in [3.05, 3.63) is 18.2 Å². The first-order valence-electron chi connectivity index (χ1n) is 5.68. The number of hydrogen-bond donors (Lipinski definition) is 2. The zero-order valence-corrected chi connectivity index (χ0v) is 10.2. The molecule has 0 aliphatic heterocycles. The average Bonchev–Trinajstić information content (AvgIpc) is 2.63. The number of anilines is 1. The first-order chi connectivity index (χ1) is 8.15. The molecule has 5 nitrogen and oxygen atoms in total. The second-order valence-corrected chi connectivity index (χ2v) is 4.31. The van der Waals surface area contributed by atoms with Crippen LogP contribution in [0.15, 0.2) is 18.2 Å². The van der Waals surface area contributed by atoms with Gasteiger partial charge in [-0.1, -0.05) is 0 Å². The third kappa shape index (κ3) is 3.10. The molecule has 0 amide bonds. The van der Waals surface area contributed by atoms with Crippen LogP contribution in [0.2, 0.25) is 0 Å². The molecule has 0 atom stereocenters. The first kappa shape index (κ1) is 11.7. The number of fused-ring (bicyclic) bond motifs is 1. The van der Waals surface area contributed by atoms with E-state index in [0.717, 1.165) is 29.7 Å². The molecule has 5 heteroatoms. The summed E-state index contributed by atoms with van der Waals surface area (Å²) >= 11 is 0. The molecule has 0 unspecified atom stereocenters. The quantitative estimate of drug-likeness (QED) is 0.769. The van der Waals surface area contributed by atoms with Crippen LogP contribution in [0.4, 0.5) is 5.95 Å². The van der Waals surface area contributed by atoms with Crippen LogP contribution >= 0.6 is 0 Å². The monoisotopic (exact) mass is 234 g/mol. The maximum atomic E-state index is 5.66.